The molecule has 2 aromatic carbocycles. The zero-order chi connectivity index (χ0) is 13.3. The normalized spacial score (nSPS) is 10.8. The highest BCUT2D eigenvalue weighted by Crippen LogP contribution is 2.31. The summed E-state index contributed by atoms with van der Waals surface area (Å²) in [6.45, 7) is 0. The van der Waals surface area contributed by atoms with Gasteiger partial charge in [-0.3, -0.25) is 0 Å². The maximum Gasteiger partial charge on any atom is 0.125 e. The third kappa shape index (κ3) is 3.22. The van der Waals surface area contributed by atoms with Crippen molar-refractivity contribution in [2.45, 2.75) is 4.90 Å². The van der Waals surface area contributed by atoms with Gasteiger partial charge in [-0.05, 0) is 41.5 Å². The Morgan fingerprint density at radius 2 is 1.42 bits per heavy atom. The van der Waals surface area contributed by atoms with Gasteiger partial charge in [0, 0.05) is 0 Å². The molecule has 102 valence electrons. The topological polar surface area (TPSA) is 134 Å². The predicted molar refractivity (Wildman–Crippen MR) is 69.2 cm³/mol. The number of phenolic OH excluding ortho intramolecular Hbond substituents is 2. The lowest BCUT2D eigenvalue weighted by atomic mass is 10.1. The lowest BCUT2D eigenvalue weighted by Gasteiger charge is -2.13. The first-order valence-corrected chi connectivity index (χ1v) is 6.37. The summed E-state index contributed by atoms with van der Waals surface area (Å²) in [6, 6.07) is 9.26. The second kappa shape index (κ2) is 5.27. The van der Waals surface area contributed by atoms with E-state index >= 15 is 0 Å². The molecule has 0 aliphatic rings. The molecule has 0 saturated carbocycles. The molecule has 19 heavy (non-hydrogen) atoms. The average Bonchev–Trinajstić information content (AvgIpc) is 2.29. The first kappa shape index (κ1) is 15.0. The van der Waals surface area contributed by atoms with Gasteiger partial charge in [0.1, 0.15) is 21.6 Å². The minimum atomic E-state index is -4.69. The Bertz CT molecular complexity index is 680. The number of hydrogen-bond acceptors (Lipinski definition) is 5. The van der Waals surface area contributed by atoms with Crippen molar-refractivity contribution < 1.29 is 23.2 Å². The molecule has 0 aromatic heterocycles. The number of hydrogen-bond donors (Lipinski definition) is 3. The number of rotatable bonds is 2. The van der Waals surface area contributed by atoms with Crippen LogP contribution in [0.25, 0.3) is 11.1 Å². The minimum absolute atomic E-state index is 0. The Labute approximate surface area is 110 Å². The van der Waals surface area contributed by atoms with Crippen molar-refractivity contribution in [2.75, 3.05) is 0 Å². The molecule has 6 nitrogen and oxygen atoms in total. The van der Waals surface area contributed by atoms with Crippen LogP contribution < -0.4 is 6.15 Å². The molecule has 2 rings (SSSR count). The molecule has 0 aliphatic carbocycles. The Hall–Kier alpha value is -2.09. The molecule has 0 radical (unpaired) electrons. The van der Waals surface area contributed by atoms with Gasteiger partial charge in [0.2, 0.25) is 0 Å². The van der Waals surface area contributed by atoms with Crippen LogP contribution in [0, 0.1) is 0 Å². The maximum absolute atomic E-state index is 11.1. The van der Waals surface area contributed by atoms with E-state index in [1.807, 2.05) is 0 Å². The molecule has 0 saturated heterocycles. The Kier molecular flexibility index (Phi) is 4.15. The van der Waals surface area contributed by atoms with E-state index in [1.165, 1.54) is 36.4 Å². The summed E-state index contributed by atoms with van der Waals surface area (Å²) in [5.41, 5.74) is 0.644. The fourth-order valence-corrected chi connectivity index (χ4v) is 2.32. The second-order valence-electron chi connectivity index (χ2n) is 3.68. The first-order chi connectivity index (χ1) is 8.38. The maximum atomic E-state index is 11.1. The third-order valence-electron chi connectivity index (χ3n) is 2.41. The predicted octanol–water partition coefficient (Wildman–Crippen LogP) is 2.05. The van der Waals surface area contributed by atoms with E-state index in [-0.39, 0.29) is 23.2 Å². The van der Waals surface area contributed by atoms with Crippen molar-refractivity contribution in [3.8, 4) is 22.6 Å². The largest absolute Gasteiger partial charge is 0.744 e. The van der Waals surface area contributed by atoms with Crippen molar-refractivity contribution in [3.63, 3.8) is 0 Å². The molecule has 7 heteroatoms. The minimum Gasteiger partial charge on any atom is -0.744 e. The van der Waals surface area contributed by atoms with Gasteiger partial charge in [-0.15, -0.1) is 0 Å². The second-order valence-corrected chi connectivity index (χ2v) is 5.03. The lowest BCUT2D eigenvalue weighted by Crippen LogP contribution is -2.01. The van der Waals surface area contributed by atoms with Gasteiger partial charge in [-0.25, -0.2) is 8.42 Å². The molecular weight excluding hydrogens is 270 g/mol. The van der Waals surface area contributed by atoms with E-state index in [2.05, 4.69) is 0 Å². The van der Waals surface area contributed by atoms with Crippen molar-refractivity contribution in [1.29, 1.82) is 0 Å². The highest BCUT2D eigenvalue weighted by molar-refractivity contribution is 7.85. The van der Waals surface area contributed by atoms with E-state index in [4.69, 9.17) is 5.11 Å². The van der Waals surface area contributed by atoms with Crippen LogP contribution in [-0.2, 0) is 10.1 Å². The Morgan fingerprint density at radius 1 is 0.895 bits per heavy atom. The molecule has 6 N–H and O–H groups in total. The van der Waals surface area contributed by atoms with Crippen LogP contribution in [0.15, 0.2) is 47.4 Å². The SMILES string of the molecule is O=S(=O)([O-])c1cc(O)ccc1-c1ccc(O)cc1.[NH4+]. The number of aromatic hydroxyl groups is 2. The van der Waals surface area contributed by atoms with Crippen molar-refractivity contribution >= 4 is 10.1 Å². The van der Waals surface area contributed by atoms with Gasteiger partial charge in [-0.1, -0.05) is 12.1 Å². The highest BCUT2D eigenvalue weighted by atomic mass is 32.2. The van der Waals surface area contributed by atoms with Crippen LogP contribution in [0.1, 0.15) is 0 Å². The van der Waals surface area contributed by atoms with Gasteiger partial charge in [0.15, 0.2) is 0 Å². The molecular formula is C12H13NO5S. The summed E-state index contributed by atoms with van der Waals surface area (Å²) in [5, 5.41) is 18.4. The molecule has 0 aliphatic heterocycles. The van der Waals surface area contributed by atoms with Crippen LogP contribution in [0.4, 0.5) is 0 Å². The summed E-state index contributed by atoms with van der Waals surface area (Å²) >= 11 is 0. The van der Waals surface area contributed by atoms with Crippen LogP contribution in [0.5, 0.6) is 11.5 Å². The molecule has 2 aromatic rings. The standard InChI is InChI=1S/C12H10O5S.H3N/c13-9-3-1-8(2-4-9)11-6-5-10(14)7-12(11)18(15,16)17;/h1-7,13-14H,(H,15,16,17);1H3. The summed E-state index contributed by atoms with van der Waals surface area (Å²) in [5.74, 6) is -0.268. The molecule has 0 heterocycles. The van der Waals surface area contributed by atoms with Crippen molar-refractivity contribution in [1.82, 2.24) is 6.15 Å². The molecule has 0 amide bonds. The third-order valence-corrected chi connectivity index (χ3v) is 3.29. The van der Waals surface area contributed by atoms with Gasteiger partial charge in [0.25, 0.3) is 0 Å². The quantitative estimate of drug-likeness (QED) is 0.725. The fourth-order valence-electron chi connectivity index (χ4n) is 1.60. The molecule has 0 atom stereocenters. The van der Waals surface area contributed by atoms with Gasteiger partial charge in [0.05, 0.1) is 4.90 Å². The van der Waals surface area contributed by atoms with Gasteiger partial charge >= 0.3 is 0 Å². The Balaban J connectivity index is 0.00000180. The molecule has 0 bridgehead atoms. The van der Waals surface area contributed by atoms with Crippen LogP contribution in [0.2, 0.25) is 0 Å². The zero-order valence-electron chi connectivity index (χ0n) is 10.1. The summed E-state index contributed by atoms with van der Waals surface area (Å²) in [4.78, 5) is -0.492. The summed E-state index contributed by atoms with van der Waals surface area (Å²) in [6.07, 6.45) is 0. The van der Waals surface area contributed by atoms with Gasteiger partial charge in [-0.2, -0.15) is 0 Å². The van der Waals surface area contributed by atoms with Gasteiger partial charge < -0.3 is 20.9 Å². The fraction of sp³-hybridized carbons (Fsp3) is 0. The number of quaternary nitrogens is 1. The molecule has 0 fully saturated rings. The van der Waals surface area contributed by atoms with Crippen molar-refractivity contribution in [3.05, 3.63) is 42.5 Å². The summed E-state index contributed by atoms with van der Waals surface area (Å²) in [7, 11) is -4.69. The smallest absolute Gasteiger partial charge is 0.125 e. The highest BCUT2D eigenvalue weighted by Gasteiger charge is 2.11. The van der Waals surface area contributed by atoms with E-state index < -0.39 is 15.0 Å². The van der Waals surface area contributed by atoms with Crippen LogP contribution in [0.3, 0.4) is 0 Å². The van der Waals surface area contributed by atoms with E-state index in [1.54, 1.807) is 0 Å². The molecule has 0 unspecified atom stereocenters. The number of phenols is 2. The van der Waals surface area contributed by atoms with E-state index in [9.17, 15) is 18.1 Å². The van der Waals surface area contributed by atoms with Crippen molar-refractivity contribution in [2.24, 2.45) is 0 Å². The first-order valence-electron chi connectivity index (χ1n) is 4.96. The van der Waals surface area contributed by atoms with E-state index in [0.29, 0.717) is 5.56 Å². The summed E-state index contributed by atoms with van der Waals surface area (Å²) < 4.78 is 33.4. The lowest BCUT2D eigenvalue weighted by molar-refractivity contribution is 0.456. The van der Waals surface area contributed by atoms with Crippen LogP contribution >= 0.6 is 0 Å². The van der Waals surface area contributed by atoms with E-state index in [0.717, 1.165) is 6.07 Å². The Morgan fingerprint density at radius 3 is 1.95 bits per heavy atom. The average molecular weight is 283 g/mol. The molecule has 0 spiro atoms. The zero-order valence-corrected chi connectivity index (χ0v) is 10.9. The van der Waals surface area contributed by atoms with Crippen LogP contribution in [-0.4, -0.2) is 23.2 Å². The number of benzene rings is 2. The monoisotopic (exact) mass is 283 g/mol.